The molecule has 1 aliphatic heterocycles. The van der Waals surface area contributed by atoms with Crippen LogP contribution in [0.4, 0.5) is 5.69 Å². The minimum atomic E-state index is -0.911. The summed E-state index contributed by atoms with van der Waals surface area (Å²) in [6.45, 7) is 1.52. The molecule has 1 aliphatic rings. The Balaban J connectivity index is 0.00000180. The number of halogens is 1. The van der Waals surface area contributed by atoms with Crippen molar-refractivity contribution in [2.45, 2.75) is 18.9 Å². The second-order valence-electron chi connectivity index (χ2n) is 4.33. The molecule has 2 rings (SSSR count). The third kappa shape index (κ3) is 3.42. The minimum absolute atomic E-state index is 0. The molecule has 0 amide bonds. The van der Waals surface area contributed by atoms with Crippen LogP contribution in [0, 0.1) is 10.1 Å². The first-order chi connectivity index (χ1) is 8.59. The monoisotopic (exact) mass is 286 g/mol. The summed E-state index contributed by atoms with van der Waals surface area (Å²) >= 11 is 0. The average molecular weight is 287 g/mol. The zero-order valence-electron chi connectivity index (χ0n) is 10.2. The van der Waals surface area contributed by atoms with Gasteiger partial charge in [-0.2, -0.15) is 0 Å². The van der Waals surface area contributed by atoms with E-state index in [0.29, 0.717) is 5.56 Å². The maximum Gasteiger partial charge on any atom is 0.325 e. The molecule has 1 atom stereocenters. The number of non-ortho nitro benzene ring substituents is 1. The fourth-order valence-electron chi connectivity index (χ4n) is 2.29. The predicted octanol–water partition coefficient (Wildman–Crippen LogP) is 2.24. The van der Waals surface area contributed by atoms with Crippen molar-refractivity contribution in [1.82, 2.24) is 4.90 Å². The van der Waals surface area contributed by atoms with Gasteiger partial charge in [-0.15, -0.1) is 12.4 Å². The molecule has 0 spiro atoms. The fourth-order valence-corrected chi connectivity index (χ4v) is 2.29. The molecule has 0 aromatic heterocycles. The summed E-state index contributed by atoms with van der Waals surface area (Å²) in [7, 11) is 0. The van der Waals surface area contributed by atoms with Gasteiger partial charge >= 0.3 is 5.97 Å². The Morgan fingerprint density at radius 1 is 1.26 bits per heavy atom. The molecule has 19 heavy (non-hydrogen) atoms. The van der Waals surface area contributed by atoms with Crippen molar-refractivity contribution in [3.63, 3.8) is 0 Å². The average Bonchev–Trinajstić information content (AvgIpc) is 2.83. The van der Waals surface area contributed by atoms with E-state index in [1.807, 2.05) is 4.90 Å². The van der Waals surface area contributed by atoms with Crippen LogP contribution in [0.1, 0.15) is 24.4 Å². The molecule has 0 saturated carbocycles. The number of aliphatic carboxylic acids is 1. The van der Waals surface area contributed by atoms with E-state index in [1.165, 1.54) is 24.3 Å². The molecule has 1 fully saturated rings. The Labute approximate surface area is 116 Å². The Bertz CT molecular complexity index is 457. The maximum absolute atomic E-state index is 11.3. The Morgan fingerprint density at radius 2 is 1.79 bits per heavy atom. The highest BCUT2D eigenvalue weighted by Gasteiger charge is 2.29. The number of rotatable bonds is 4. The topological polar surface area (TPSA) is 83.7 Å². The van der Waals surface area contributed by atoms with E-state index in [9.17, 15) is 20.0 Å². The summed E-state index contributed by atoms with van der Waals surface area (Å²) in [5.41, 5.74) is 0.569. The van der Waals surface area contributed by atoms with Crippen LogP contribution in [0.15, 0.2) is 24.3 Å². The smallest absolute Gasteiger partial charge is 0.325 e. The van der Waals surface area contributed by atoms with Gasteiger partial charge in [0.2, 0.25) is 0 Å². The van der Waals surface area contributed by atoms with Crippen molar-refractivity contribution < 1.29 is 14.8 Å². The highest BCUT2D eigenvalue weighted by atomic mass is 35.5. The summed E-state index contributed by atoms with van der Waals surface area (Å²) < 4.78 is 0. The third-order valence-corrected chi connectivity index (χ3v) is 3.16. The summed E-state index contributed by atoms with van der Waals surface area (Å²) in [5.74, 6) is -0.911. The van der Waals surface area contributed by atoms with Crippen LogP contribution in [-0.4, -0.2) is 34.0 Å². The number of hydrogen-bond donors (Lipinski definition) is 1. The number of carboxylic acid groups (broad SMARTS) is 1. The highest BCUT2D eigenvalue weighted by molar-refractivity contribution is 5.85. The van der Waals surface area contributed by atoms with Crippen LogP contribution >= 0.6 is 12.4 Å². The number of nitrogens with zero attached hydrogens (tertiary/aromatic N) is 2. The Morgan fingerprint density at radius 3 is 2.21 bits per heavy atom. The zero-order chi connectivity index (χ0) is 13.1. The molecule has 1 heterocycles. The van der Waals surface area contributed by atoms with E-state index in [4.69, 9.17) is 0 Å². The summed E-state index contributed by atoms with van der Waals surface area (Å²) in [5, 5.41) is 19.8. The van der Waals surface area contributed by atoms with Crippen LogP contribution in [-0.2, 0) is 4.79 Å². The van der Waals surface area contributed by atoms with Crippen LogP contribution < -0.4 is 0 Å². The van der Waals surface area contributed by atoms with E-state index in [1.54, 1.807) is 0 Å². The number of benzene rings is 1. The van der Waals surface area contributed by atoms with E-state index < -0.39 is 16.9 Å². The van der Waals surface area contributed by atoms with Gasteiger partial charge in [-0.05, 0) is 31.5 Å². The highest BCUT2D eigenvalue weighted by Crippen LogP contribution is 2.26. The predicted molar refractivity (Wildman–Crippen MR) is 71.5 cm³/mol. The molecule has 1 saturated heterocycles. The molecular formula is C12H15ClN2O4. The van der Waals surface area contributed by atoms with E-state index in [0.717, 1.165) is 25.9 Å². The molecule has 7 heteroatoms. The lowest BCUT2D eigenvalue weighted by Crippen LogP contribution is -2.31. The van der Waals surface area contributed by atoms with Crippen molar-refractivity contribution in [2.75, 3.05) is 13.1 Å². The molecule has 0 aliphatic carbocycles. The third-order valence-electron chi connectivity index (χ3n) is 3.16. The number of carbonyl (C=O) groups is 1. The minimum Gasteiger partial charge on any atom is -0.480 e. The van der Waals surface area contributed by atoms with Gasteiger partial charge in [0.1, 0.15) is 6.04 Å². The van der Waals surface area contributed by atoms with Gasteiger partial charge in [0.15, 0.2) is 0 Å². The number of nitro benzene ring substituents is 1. The van der Waals surface area contributed by atoms with Crippen molar-refractivity contribution in [3.05, 3.63) is 39.9 Å². The molecule has 0 radical (unpaired) electrons. The van der Waals surface area contributed by atoms with Crippen molar-refractivity contribution in [2.24, 2.45) is 0 Å². The van der Waals surface area contributed by atoms with Gasteiger partial charge in [0, 0.05) is 12.1 Å². The van der Waals surface area contributed by atoms with Gasteiger partial charge in [-0.25, -0.2) is 0 Å². The molecule has 104 valence electrons. The number of hydrogen-bond acceptors (Lipinski definition) is 4. The molecule has 1 aromatic carbocycles. The number of likely N-dealkylation sites (tertiary alicyclic amines) is 1. The second kappa shape index (κ2) is 6.49. The SMILES string of the molecule is Cl.O=C(O)C(c1ccc([N+](=O)[O-])cc1)N1CCCC1. The Kier molecular flexibility index (Phi) is 5.26. The number of nitro groups is 1. The van der Waals surface area contributed by atoms with Crippen molar-refractivity contribution in [3.8, 4) is 0 Å². The standard InChI is InChI=1S/C12H14N2O4.ClH/c15-12(16)11(13-7-1-2-8-13)9-3-5-10(6-4-9)14(17)18;/h3-6,11H,1-2,7-8H2,(H,15,16);1H. The molecular weight excluding hydrogens is 272 g/mol. The quantitative estimate of drug-likeness (QED) is 0.678. The van der Waals surface area contributed by atoms with Gasteiger partial charge in [-0.3, -0.25) is 19.8 Å². The van der Waals surface area contributed by atoms with Crippen molar-refractivity contribution >= 4 is 24.1 Å². The molecule has 1 aromatic rings. The second-order valence-corrected chi connectivity index (χ2v) is 4.33. The van der Waals surface area contributed by atoms with Gasteiger partial charge in [-0.1, -0.05) is 12.1 Å². The van der Waals surface area contributed by atoms with Crippen LogP contribution in [0.2, 0.25) is 0 Å². The number of carboxylic acids is 1. The zero-order valence-corrected chi connectivity index (χ0v) is 11.0. The first-order valence-corrected chi connectivity index (χ1v) is 5.81. The van der Waals surface area contributed by atoms with Crippen LogP contribution in [0.3, 0.4) is 0 Å². The maximum atomic E-state index is 11.3. The first-order valence-electron chi connectivity index (χ1n) is 5.81. The molecule has 0 bridgehead atoms. The van der Waals surface area contributed by atoms with Crippen molar-refractivity contribution in [1.29, 1.82) is 0 Å². The van der Waals surface area contributed by atoms with Gasteiger partial charge in [0.05, 0.1) is 4.92 Å². The molecule has 1 unspecified atom stereocenters. The van der Waals surface area contributed by atoms with Crippen LogP contribution in [0.25, 0.3) is 0 Å². The van der Waals surface area contributed by atoms with E-state index >= 15 is 0 Å². The molecule has 1 N–H and O–H groups in total. The largest absolute Gasteiger partial charge is 0.480 e. The van der Waals surface area contributed by atoms with E-state index in [2.05, 4.69) is 0 Å². The lowest BCUT2D eigenvalue weighted by atomic mass is 10.1. The fraction of sp³-hybridized carbons (Fsp3) is 0.417. The van der Waals surface area contributed by atoms with Gasteiger partial charge in [0.25, 0.3) is 5.69 Å². The first kappa shape index (κ1) is 15.4. The van der Waals surface area contributed by atoms with Crippen LogP contribution in [0.5, 0.6) is 0 Å². The summed E-state index contributed by atoms with van der Waals surface area (Å²) in [6.07, 6.45) is 1.99. The lowest BCUT2D eigenvalue weighted by Gasteiger charge is -2.23. The normalized spacial score (nSPS) is 16.6. The van der Waals surface area contributed by atoms with Gasteiger partial charge < -0.3 is 5.11 Å². The summed E-state index contributed by atoms with van der Waals surface area (Å²) in [6, 6.07) is 5.04. The van der Waals surface area contributed by atoms with E-state index in [-0.39, 0.29) is 18.1 Å². The Hall–Kier alpha value is -1.66. The lowest BCUT2D eigenvalue weighted by molar-refractivity contribution is -0.384. The molecule has 6 nitrogen and oxygen atoms in total. The summed E-state index contributed by atoms with van der Waals surface area (Å²) in [4.78, 5) is 23.3.